The van der Waals surface area contributed by atoms with Crippen LogP contribution in [0.15, 0.2) is 0 Å². The minimum absolute atomic E-state index is 0.0777. The van der Waals surface area contributed by atoms with Gasteiger partial charge in [-0.2, -0.15) is 0 Å². The standard InChI is InChI=1S/C18H31N3O4/c1-17(2,3)25-16(23)21-11-7-18(24)6-10-20(12-14(18)13-21)15(22)19-8-4-5-9-19/h14,24H,4-13H2,1-3H3/t14-,18+/m1/s1. The molecule has 7 nitrogen and oxygen atoms in total. The number of nitrogens with zero attached hydrogens (tertiary/aromatic N) is 3. The van der Waals surface area contributed by atoms with Gasteiger partial charge in [0.2, 0.25) is 0 Å². The number of rotatable bonds is 0. The predicted molar refractivity (Wildman–Crippen MR) is 93.3 cm³/mol. The summed E-state index contributed by atoms with van der Waals surface area (Å²) in [6.45, 7) is 9.24. The lowest BCUT2D eigenvalue weighted by molar-refractivity contribution is -0.106. The van der Waals surface area contributed by atoms with E-state index >= 15 is 0 Å². The first-order valence-corrected chi connectivity index (χ1v) is 9.42. The minimum Gasteiger partial charge on any atom is -0.444 e. The van der Waals surface area contributed by atoms with Crippen molar-refractivity contribution in [2.24, 2.45) is 5.92 Å². The Morgan fingerprint density at radius 2 is 1.52 bits per heavy atom. The minimum atomic E-state index is -0.777. The number of hydrogen-bond acceptors (Lipinski definition) is 4. The predicted octanol–water partition coefficient (Wildman–Crippen LogP) is 1.90. The Balaban J connectivity index is 1.63. The molecule has 0 bridgehead atoms. The molecule has 3 saturated heterocycles. The molecule has 0 unspecified atom stereocenters. The number of ether oxygens (including phenoxy) is 1. The summed E-state index contributed by atoms with van der Waals surface area (Å²) in [6, 6.07) is 0.0777. The lowest BCUT2D eigenvalue weighted by Gasteiger charge is -2.50. The van der Waals surface area contributed by atoms with Crippen molar-refractivity contribution >= 4 is 12.1 Å². The number of amides is 3. The van der Waals surface area contributed by atoms with Crippen molar-refractivity contribution in [3.8, 4) is 0 Å². The van der Waals surface area contributed by atoms with Crippen molar-refractivity contribution in [3.63, 3.8) is 0 Å². The molecule has 3 heterocycles. The second-order valence-electron chi connectivity index (χ2n) is 8.65. The van der Waals surface area contributed by atoms with Gasteiger partial charge in [0.15, 0.2) is 0 Å². The zero-order chi connectivity index (χ0) is 18.2. The van der Waals surface area contributed by atoms with Gasteiger partial charge in [-0.05, 0) is 46.5 Å². The molecule has 0 radical (unpaired) electrons. The highest BCUT2D eigenvalue weighted by atomic mass is 16.6. The molecule has 0 aromatic heterocycles. The quantitative estimate of drug-likeness (QED) is 0.722. The maximum atomic E-state index is 12.6. The van der Waals surface area contributed by atoms with Crippen LogP contribution in [0.1, 0.15) is 46.5 Å². The Morgan fingerprint density at radius 1 is 0.960 bits per heavy atom. The van der Waals surface area contributed by atoms with Crippen LogP contribution in [-0.2, 0) is 4.74 Å². The number of carbonyl (C=O) groups excluding carboxylic acids is 2. The van der Waals surface area contributed by atoms with Crippen LogP contribution >= 0.6 is 0 Å². The van der Waals surface area contributed by atoms with Crippen LogP contribution in [0.5, 0.6) is 0 Å². The van der Waals surface area contributed by atoms with Gasteiger partial charge < -0.3 is 24.5 Å². The zero-order valence-corrected chi connectivity index (χ0v) is 15.7. The summed E-state index contributed by atoms with van der Waals surface area (Å²) in [5.41, 5.74) is -1.31. The Labute approximate surface area is 149 Å². The maximum absolute atomic E-state index is 12.6. The van der Waals surface area contributed by atoms with Gasteiger partial charge in [0, 0.05) is 45.2 Å². The van der Waals surface area contributed by atoms with Crippen molar-refractivity contribution in [3.05, 3.63) is 0 Å². The first-order valence-electron chi connectivity index (χ1n) is 9.42. The summed E-state index contributed by atoms with van der Waals surface area (Å²) in [7, 11) is 0. The number of piperidine rings is 2. The lowest BCUT2D eigenvalue weighted by atomic mass is 9.76. The summed E-state index contributed by atoms with van der Waals surface area (Å²) in [4.78, 5) is 30.4. The van der Waals surface area contributed by atoms with Crippen molar-refractivity contribution in [1.82, 2.24) is 14.7 Å². The molecular formula is C18H31N3O4. The lowest BCUT2D eigenvalue weighted by Crippen LogP contribution is -2.62. The molecule has 1 N–H and O–H groups in total. The van der Waals surface area contributed by atoms with Crippen LogP contribution in [0.3, 0.4) is 0 Å². The fourth-order valence-corrected chi connectivity index (χ4v) is 4.08. The van der Waals surface area contributed by atoms with Crippen molar-refractivity contribution < 1.29 is 19.4 Å². The van der Waals surface area contributed by atoms with Crippen LogP contribution in [0.2, 0.25) is 0 Å². The van der Waals surface area contributed by atoms with Gasteiger partial charge in [0.1, 0.15) is 5.60 Å². The number of likely N-dealkylation sites (tertiary alicyclic amines) is 3. The van der Waals surface area contributed by atoms with E-state index in [1.165, 1.54) is 0 Å². The van der Waals surface area contributed by atoms with Gasteiger partial charge in [-0.1, -0.05) is 0 Å². The van der Waals surface area contributed by atoms with E-state index in [0.29, 0.717) is 39.0 Å². The van der Waals surface area contributed by atoms with E-state index in [2.05, 4.69) is 0 Å². The first kappa shape index (κ1) is 18.3. The summed E-state index contributed by atoms with van der Waals surface area (Å²) in [5, 5.41) is 11.0. The number of hydrogen-bond donors (Lipinski definition) is 1. The van der Waals surface area contributed by atoms with Gasteiger partial charge in [-0.3, -0.25) is 0 Å². The van der Waals surface area contributed by atoms with E-state index in [-0.39, 0.29) is 18.0 Å². The number of aliphatic hydroxyl groups is 1. The van der Waals surface area contributed by atoms with E-state index in [1.807, 2.05) is 30.6 Å². The average Bonchev–Trinajstić information content (AvgIpc) is 3.05. The highest BCUT2D eigenvalue weighted by Crippen LogP contribution is 2.36. The molecule has 3 rings (SSSR count). The molecule has 142 valence electrons. The largest absolute Gasteiger partial charge is 0.444 e. The molecule has 7 heteroatoms. The number of carbonyl (C=O) groups is 2. The van der Waals surface area contributed by atoms with Crippen molar-refractivity contribution in [2.45, 2.75) is 57.7 Å². The molecule has 0 aromatic carbocycles. The summed E-state index contributed by atoms with van der Waals surface area (Å²) in [5.74, 6) is -0.117. The van der Waals surface area contributed by atoms with Gasteiger partial charge in [-0.25, -0.2) is 9.59 Å². The summed E-state index contributed by atoms with van der Waals surface area (Å²) in [6.07, 6.45) is 2.93. The molecule has 0 spiro atoms. The fourth-order valence-electron chi connectivity index (χ4n) is 4.08. The molecule has 25 heavy (non-hydrogen) atoms. The highest BCUT2D eigenvalue weighted by Gasteiger charge is 2.47. The number of urea groups is 1. The van der Waals surface area contributed by atoms with Crippen molar-refractivity contribution in [1.29, 1.82) is 0 Å². The van der Waals surface area contributed by atoms with Crippen LogP contribution in [0.4, 0.5) is 9.59 Å². The van der Waals surface area contributed by atoms with Crippen LogP contribution < -0.4 is 0 Å². The molecule has 3 fully saturated rings. The average molecular weight is 353 g/mol. The third kappa shape index (κ3) is 4.02. The van der Waals surface area contributed by atoms with E-state index in [4.69, 9.17) is 4.74 Å². The molecular weight excluding hydrogens is 322 g/mol. The fraction of sp³-hybridized carbons (Fsp3) is 0.889. The first-order chi connectivity index (χ1) is 11.7. The molecule has 0 aromatic rings. The van der Waals surface area contributed by atoms with Gasteiger partial charge in [0.25, 0.3) is 0 Å². The van der Waals surface area contributed by atoms with Gasteiger partial charge in [0.05, 0.1) is 5.60 Å². The SMILES string of the molecule is CC(C)(C)OC(=O)N1CC[C@@]2(O)CCN(C(=O)N3CCCC3)C[C@@H]2C1. The smallest absolute Gasteiger partial charge is 0.410 e. The third-order valence-corrected chi connectivity index (χ3v) is 5.57. The van der Waals surface area contributed by atoms with Crippen LogP contribution in [0, 0.1) is 5.92 Å². The van der Waals surface area contributed by atoms with Crippen LogP contribution in [-0.4, -0.2) is 82.4 Å². The van der Waals surface area contributed by atoms with Crippen LogP contribution in [0.25, 0.3) is 0 Å². The molecule has 3 aliphatic heterocycles. The Kier molecular flexibility index (Phi) is 4.88. The van der Waals surface area contributed by atoms with E-state index in [9.17, 15) is 14.7 Å². The molecule has 2 atom stereocenters. The summed E-state index contributed by atoms with van der Waals surface area (Å²) >= 11 is 0. The Morgan fingerprint density at radius 3 is 2.12 bits per heavy atom. The number of fused-ring (bicyclic) bond motifs is 1. The normalized spacial score (nSPS) is 30.2. The van der Waals surface area contributed by atoms with E-state index in [1.54, 1.807) is 4.90 Å². The molecule has 3 amide bonds. The topological polar surface area (TPSA) is 73.3 Å². The maximum Gasteiger partial charge on any atom is 0.410 e. The monoisotopic (exact) mass is 353 g/mol. The Hall–Kier alpha value is -1.50. The van der Waals surface area contributed by atoms with Gasteiger partial charge in [-0.15, -0.1) is 0 Å². The molecule has 0 aliphatic carbocycles. The second kappa shape index (κ2) is 6.67. The van der Waals surface area contributed by atoms with Crippen molar-refractivity contribution in [2.75, 3.05) is 39.3 Å². The Bertz CT molecular complexity index is 527. The van der Waals surface area contributed by atoms with E-state index < -0.39 is 11.2 Å². The highest BCUT2D eigenvalue weighted by molar-refractivity contribution is 5.75. The zero-order valence-electron chi connectivity index (χ0n) is 15.7. The van der Waals surface area contributed by atoms with E-state index in [0.717, 1.165) is 25.9 Å². The van der Waals surface area contributed by atoms with Gasteiger partial charge >= 0.3 is 12.1 Å². The second-order valence-corrected chi connectivity index (χ2v) is 8.65. The molecule has 0 saturated carbocycles. The summed E-state index contributed by atoms with van der Waals surface area (Å²) < 4.78 is 5.46. The third-order valence-electron chi connectivity index (χ3n) is 5.57. The molecule has 3 aliphatic rings.